The van der Waals surface area contributed by atoms with Crippen LogP contribution in [0.5, 0.6) is 0 Å². The minimum absolute atomic E-state index is 0.0293. The van der Waals surface area contributed by atoms with Crippen molar-refractivity contribution in [1.29, 1.82) is 0 Å². The average molecular weight is 297 g/mol. The maximum atomic E-state index is 10.8. The predicted octanol–water partition coefficient (Wildman–Crippen LogP) is 3.40. The molecule has 22 heavy (non-hydrogen) atoms. The largest absolute Gasteiger partial charge is 0.453 e. The van der Waals surface area contributed by atoms with Crippen molar-refractivity contribution in [2.24, 2.45) is 4.99 Å². The number of non-ortho nitro benzene ring substituents is 1. The first kappa shape index (κ1) is 13.8. The van der Waals surface area contributed by atoms with Crippen LogP contribution in [0.15, 0.2) is 64.0 Å². The molecule has 0 amide bonds. The fourth-order valence-corrected chi connectivity index (χ4v) is 2.03. The Kier molecular flexibility index (Phi) is 3.55. The Morgan fingerprint density at radius 3 is 2.64 bits per heavy atom. The molecule has 0 saturated carbocycles. The van der Waals surface area contributed by atoms with E-state index in [1.54, 1.807) is 18.2 Å². The van der Waals surface area contributed by atoms with E-state index < -0.39 is 4.92 Å². The van der Waals surface area contributed by atoms with Crippen LogP contribution in [0, 0.1) is 10.1 Å². The third kappa shape index (κ3) is 2.65. The summed E-state index contributed by atoms with van der Waals surface area (Å²) in [7, 11) is 0. The Morgan fingerprint density at radius 2 is 1.95 bits per heavy atom. The summed E-state index contributed by atoms with van der Waals surface area (Å²) in [5, 5.41) is 20.6. The molecular weight excluding hydrogens is 286 g/mol. The molecule has 0 atom stereocenters. The first-order chi connectivity index (χ1) is 10.7. The van der Waals surface area contributed by atoms with Crippen molar-refractivity contribution in [2.75, 3.05) is 0 Å². The van der Waals surface area contributed by atoms with Crippen molar-refractivity contribution in [3.05, 3.63) is 70.5 Å². The van der Waals surface area contributed by atoms with Gasteiger partial charge in [0.15, 0.2) is 11.6 Å². The maximum Gasteiger partial charge on any atom is 0.270 e. The summed E-state index contributed by atoms with van der Waals surface area (Å²) in [5.41, 5.74) is 3.06. The second-order valence-corrected chi connectivity index (χ2v) is 4.50. The first-order valence-corrected chi connectivity index (χ1v) is 6.39. The minimum Gasteiger partial charge on any atom is -0.453 e. The van der Waals surface area contributed by atoms with Gasteiger partial charge in [-0.2, -0.15) is 0 Å². The summed E-state index contributed by atoms with van der Waals surface area (Å²) >= 11 is 0. The Labute approximate surface area is 124 Å². The summed E-state index contributed by atoms with van der Waals surface area (Å²) < 4.78 is 5.55. The molecule has 0 unspecified atom stereocenters. The Hall–Kier alpha value is -3.19. The van der Waals surface area contributed by atoms with E-state index in [1.165, 1.54) is 18.2 Å². The van der Waals surface area contributed by atoms with Crippen molar-refractivity contribution in [3.8, 4) is 0 Å². The zero-order valence-corrected chi connectivity index (χ0v) is 11.3. The number of amidine groups is 1. The standard InChI is InChI=1S/C15H11N3O4/c19-17-15(16-11-4-2-1-3-5-11)14-9-10-8-12(18(20)21)6-7-13(10)22-14/h1-9,19H,(H,16,17). The summed E-state index contributed by atoms with van der Waals surface area (Å²) in [6, 6.07) is 14.9. The van der Waals surface area contributed by atoms with Gasteiger partial charge in [-0.05, 0) is 24.3 Å². The number of aliphatic imine (C=N–C) groups is 1. The van der Waals surface area contributed by atoms with E-state index in [1.807, 2.05) is 23.7 Å². The van der Waals surface area contributed by atoms with E-state index in [0.717, 1.165) is 0 Å². The smallest absolute Gasteiger partial charge is 0.270 e. The molecule has 0 aliphatic heterocycles. The van der Waals surface area contributed by atoms with Gasteiger partial charge in [-0.1, -0.05) is 18.2 Å². The number of rotatable bonds is 3. The van der Waals surface area contributed by atoms with Gasteiger partial charge >= 0.3 is 0 Å². The highest BCUT2D eigenvalue weighted by molar-refractivity contribution is 6.00. The predicted molar refractivity (Wildman–Crippen MR) is 80.4 cm³/mol. The number of nitrogens with one attached hydrogen (secondary N) is 1. The van der Waals surface area contributed by atoms with Crippen LogP contribution in [-0.4, -0.2) is 16.0 Å². The molecule has 2 aromatic carbocycles. The zero-order valence-electron chi connectivity index (χ0n) is 11.3. The molecule has 110 valence electrons. The second kappa shape index (κ2) is 5.66. The normalized spacial score (nSPS) is 11.6. The lowest BCUT2D eigenvalue weighted by atomic mass is 10.2. The number of fused-ring (bicyclic) bond motifs is 1. The van der Waals surface area contributed by atoms with Crippen LogP contribution in [-0.2, 0) is 0 Å². The van der Waals surface area contributed by atoms with Crippen molar-refractivity contribution < 1.29 is 14.5 Å². The molecule has 0 aliphatic rings. The molecule has 7 heteroatoms. The number of nitrogens with zero attached hydrogens (tertiary/aromatic N) is 2. The number of hydrogen-bond donors (Lipinski definition) is 2. The molecule has 0 aliphatic carbocycles. The monoisotopic (exact) mass is 297 g/mol. The number of nitro groups is 1. The lowest BCUT2D eigenvalue weighted by molar-refractivity contribution is -0.384. The summed E-state index contributed by atoms with van der Waals surface area (Å²) in [6.45, 7) is 0. The fourth-order valence-electron chi connectivity index (χ4n) is 2.03. The number of benzene rings is 2. The lowest BCUT2D eigenvalue weighted by Crippen LogP contribution is -2.19. The van der Waals surface area contributed by atoms with Crippen molar-refractivity contribution in [2.45, 2.75) is 0 Å². The molecular formula is C15H11N3O4. The Balaban J connectivity index is 2.04. The van der Waals surface area contributed by atoms with E-state index in [2.05, 4.69) is 4.99 Å². The quantitative estimate of drug-likeness (QED) is 0.334. The van der Waals surface area contributed by atoms with Crippen LogP contribution in [0.25, 0.3) is 11.0 Å². The van der Waals surface area contributed by atoms with Crippen molar-refractivity contribution in [3.63, 3.8) is 0 Å². The molecule has 7 nitrogen and oxygen atoms in total. The number of nitro benzene ring substituents is 1. The number of furan rings is 1. The molecule has 0 radical (unpaired) electrons. The van der Waals surface area contributed by atoms with E-state index in [0.29, 0.717) is 16.7 Å². The zero-order chi connectivity index (χ0) is 15.5. The molecule has 0 fully saturated rings. The summed E-state index contributed by atoms with van der Waals surface area (Å²) in [4.78, 5) is 14.5. The molecule has 3 aromatic rings. The van der Waals surface area contributed by atoms with E-state index in [4.69, 9.17) is 4.42 Å². The highest BCUT2D eigenvalue weighted by atomic mass is 16.6. The van der Waals surface area contributed by atoms with Gasteiger partial charge in [-0.25, -0.2) is 10.5 Å². The number of hydrogen-bond acceptors (Lipinski definition) is 5. The van der Waals surface area contributed by atoms with Crippen molar-refractivity contribution in [1.82, 2.24) is 5.48 Å². The summed E-state index contributed by atoms with van der Waals surface area (Å²) in [6.07, 6.45) is 0. The first-order valence-electron chi connectivity index (χ1n) is 6.39. The SMILES string of the molecule is O=[N+]([O-])c1ccc2oc(C(=Nc3ccccc3)NO)cc2c1. The number of hydroxylamine groups is 1. The van der Waals surface area contributed by atoms with Crippen LogP contribution in [0.3, 0.4) is 0 Å². The van der Waals surface area contributed by atoms with Gasteiger partial charge in [0.1, 0.15) is 5.58 Å². The van der Waals surface area contributed by atoms with Crippen LogP contribution in [0.1, 0.15) is 5.76 Å². The highest BCUT2D eigenvalue weighted by Gasteiger charge is 2.13. The van der Waals surface area contributed by atoms with Gasteiger partial charge in [-0.3, -0.25) is 15.3 Å². The fraction of sp³-hybridized carbons (Fsp3) is 0. The Bertz CT molecular complexity index is 856. The van der Waals surface area contributed by atoms with Gasteiger partial charge in [0.2, 0.25) is 0 Å². The molecule has 0 spiro atoms. The van der Waals surface area contributed by atoms with E-state index in [-0.39, 0.29) is 17.3 Å². The van der Waals surface area contributed by atoms with Crippen LogP contribution < -0.4 is 5.48 Å². The van der Waals surface area contributed by atoms with E-state index >= 15 is 0 Å². The molecule has 0 saturated heterocycles. The number of para-hydroxylation sites is 1. The lowest BCUT2D eigenvalue weighted by Gasteiger charge is -2.00. The molecule has 1 heterocycles. The van der Waals surface area contributed by atoms with Crippen LogP contribution >= 0.6 is 0 Å². The molecule has 2 N–H and O–H groups in total. The van der Waals surface area contributed by atoms with E-state index in [9.17, 15) is 15.3 Å². The van der Waals surface area contributed by atoms with Crippen molar-refractivity contribution >= 4 is 28.2 Å². The maximum absolute atomic E-state index is 10.8. The molecule has 0 bridgehead atoms. The third-order valence-corrected chi connectivity index (χ3v) is 3.05. The van der Waals surface area contributed by atoms with Crippen LogP contribution in [0.2, 0.25) is 0 Å². The van der Waals surface area contributed by atoms with Crippen LogP contribution in [0.4, 0.5) is 11.4 Å². The highest BCUT2D eigenvalue weighted by Crippen LogP contribution is 2.25. The molecule has 1 aromatic heterocycles. The third-order valence-electron chi connectivity index (χ3n) is 3.05. The van der Waals surface area contributed by atoms with Gasteiger partial charge < -0.3 is 4.42 Å². The minimum atomic E-state index is -0.477. The topological polar surface area (TPSA) is 101 Å². The molecule has 3 rings (SSSR count). The average Bonchev–Trinajstić information content (AvgIpc) is 2.96. The van der Waals surface area contributed by atoms with Gasteiger partial charge in [0.05, 0.1) is 10.6 Å². The van der Waals surface area contributed by atoms with Gasteiger partial charge in [-0.15, -0.1) is 0 Å². The summed E-state index contributed by atoms with van der Waals surface area (Å²) in [5.74, 6) is 0.395. The van der Waals surface area contributed by atoms with Gasteiger partial charge in [0.25, 0.3) is 5.69 Å². The second-order valence-electron chi connectivity index (χ2n) is 4.50. The van der Waals surface area contributed by atoms with Gasteiger partial charge in [0, 0.05) is 17.5 Å². The Morgan fingerprint density at radius 1 is 1.18 bits per heavy atom.